The van der Waals surface area contributed by atoms with Gasteiger partial charge in [-0.25, -0.2) is 14.4 Å². The Balaban J connectivity index is 1.35. The van der Waals surface area contributed by atoms with Crippen molar-refractivity contribution < 1.29 is 4.39 Å². The number of piperidine rings is 1. The zero-order valence-corrected chi connectivity index (χ0v) is 25.4. The number of H-pyrrole nitrogens is 1. The second-order valence-electron chi connectivity index (χ2n) is 11.2. The normalized spacial score (nSPS) is 14.0. The van der Waals surface area contributed by atoms with Gasteiger partial charge in [-0.15, -0.1) is 0 Å². The largest absolute Gasteiger partial charge is 0.355 e. The number of nitrogens with one attached hydrogen (secondary N) is 3. The van der Waals surface area contributed by atoms with Gasteiger partial charge in [-0.05, 0) is 56.0 Å². The number of rotatable bonds is 11. The van der Waals surface area contributed by atoms with E-state index >= 15 is 4.39 Å². The molecule has 9 heteroatoms. The van der Waals surface area contributed by atoms with E-state index < -0.39 is 0 Å². The minimum atomic E-state index is -0.341. The minimum Gasteiger partial charge on any atom is -0.355 e. The van der Waals surface area contributed by atoms with Gasteiger partial charge < -0.3 is 20.5 Å². The molecule has 8 nitrogen and oxygen atoms in total. The number of aromatic nitrogens is 5. The van der Waals surface area contributed by atoms with Gasteiger partial charge in [0, 0.05) is 85.5 Å². The lowest BCUT2D eigenvalue weighted by Gasteiger charge is -2.27. The van der Waals surface area contributed by atoms with Crippen molar-refractivity contribution in [3.8, 4) is 11.1 Å². The molecule has 1 fully saturated rings. The van der Waals surface area contributed by atoms with E-state index in [2.05, 4.69) is 42.6 Å². The number of nitrogens with zero attached hydrogens (tertiary/aromatic N) is 5. The Kier molecular flexibility index (Phi) is 9.34. The lowest BCUT2D eigenvalue weighted by atomic mass is 9.97. The molecule has 6 rings (SSSR count). The predicted octanol–water partition coefficient (Wildman–Crippen LogP) is 6.18. The molecule has 0 atom stereocenters. The maximum Gasteiger partial charge on any atom is 0.156 e. The Bertz CT molecular complexity index is 1740. The molecule has 3 N–H and O–H groups in total. The molecule has 0 amide bonds. The first-order valence-electron chi connectivity index (χ1n) is 15.5. The van der Waals surface area contributed by atoms with E-state index in [0.29, 0.717) is 46.9 Å². The fourth-order valence-electron chi connectivity index (χ4n) is 5.79. The van der Waals surface area contributed by atoms with Crippen LogP contribution in [-0.2, 0) is 13.1 Å². The molecule has 5 aromatic rings. The van der Waals surface area contributed by atoms with Gasteiger partial charge in [0.25, 0.3) is 0 Å². The fourth-order valence-corrected chi connectivity index (χ4v) is 5.79. The molecule has 0 spiro atoms. The highest BCUT2D eigenvalue weighted by Crippen LogP contribution is 2.34. The minimum absolute atomic E-state index is 0.341. The van der Waals surface area contributed by atoms with Crippen LogP contribution in [-0.4, -0.2) is 51.1 Å². The van der Waals surface area contributed by atoms with Gasteiger partial charge in [-0.1, -0.05) is 43.3 Å². The first-order valence-corrected chi connectivity index (χ1v) is 15.5. The Hall–Kier alpha value is -4.47. The molecule has 5 heterocycles. The van der Waals surface area contributed by atoms with E-state index in [1.165, 1.54) is 12.0 Å². The van der Waals surface area contributed by atoms with Crippen molar-refractivity contribution in [3.63, 3.8) is 0 Å². The average molecular weight is 591 g/mol. The van der Waals surface area contributed by atoms with Crippen molar-refractivity contribution in [1.82, 2.24) is 35.6 Å². The summed E-state index contributed by atoms with van der Waals surface area (Å²) in [5.41, 5.74) is 6.65. The quantitative estimate of drug-likeness (QED) is 0.158. The second-order valence-corrected chi connectivity index (χ2v) is 11.2. The summed E-state index contributed by atoms with van der Waals surface area (Å²) in [5.74, 6) is 1.14. The van der Waals surface area contributed by atoms with Crippen molar-refractivity contribution in [3.05, 3.63) is 107 Å². The van der Waals surface area contributed by atoms with E-state index in [4.69, 9.17) is 9.97 Å². The highest BCUT2D eigenvalue weighted by molar-refractivity contribution is 5.91. The topological polar surface area (TPSA) is 94.7 Å². The molecule has 44 heavy (non-hydrogen) atoms. The molecule has 1 saturated heterocycles. The van der Waals surface area contributed by atoms with Gasteiger partial charge in [0.2, 0.25) is 0 Å². The molecule has 4 aromatic heterocycles. The number of imidazole rings is 1. The van der Waals surface area contributed by atoms with E-state index in [9.17, 15) is 0 Å². The van der Waals surface area contributed by atoms with Crippen LogP contribution < -0.4 is 15.5 Å². The lowest BCUT2D eigenvalue weighted by molar-refractivity contribution is 0.574. The average Bonchev–Trinajstić information content (AvgIpc) is 3.50. The van der Waals surface area contributed by atoms with Crippen LogP contribution in [0, 0.1) is 12.7 Å². The van der Waals surface area contributed by atoms with Gasteiger partial charge in [0.15, 0.2) is 5.82 Å². The van der Waals surface area contributed by atoms with Crippen LogP contribution in [0.15, 0.2) is 73.3 Å². The summed E-state index contributed by atoms with van der Waals surface area (Å²) in [7, 11) is 0. The predicted molar refractivity (Wildman–Crippen MR) is 175 cm³/mol. The van der Waals surface area contributed by atoms with Crippen LogP contribution in [0.2, 0.25) is 0 Å². The number of hydrogen-bond donors (Lipinski definition) is 3. The Morgan fingerprint density at radius 2 is 1.80 bits per heavy atom. The standard InChI is InChI=1S/C35H39FN8/c1-3-37-14-12-28(34-42-30-13-15-40-35(33(30)43-34)44-16-8-5-9-17-44)31-24(2)41-23-29(32(31)36)27-18-26(21-39-22-27)20-38-19-25-10-6-4-7-11-25/h4,6-7,10-13,15,18,21-23,37-38H,3,5,8-9,14,16-17,19-20H2,1-2H3,(H,42,43)/b28-12+. The Morgan fingerprint density at radius 3 is 2.61 bits per heavy atom. The van der Waals surface area contributed by atoms with Crippen molar-refractivity contribution in [2.75, 3.05) is 31.1 Å². The summed E-state index contributed by atoms with van der Waals surface area (Å²) < 4.78 is 16.7. The summed E-state index contributed by atoms with van der Waals surface area (Å²) >= 11 is 0. The van der Waals surface area contributed by atoms with E-state index in [1.807, 2.05) is 62.6 Å². The van der Waals surface area contributed by atoms with Crippen molar-refractivity contribution in [2.24, 2.45) is 0 Å². The lowest BCUT2D eigenvalue weighted by Crippen LogP contribution is -2.30. The number of halogens is 1. The van der Waals surface area contributed by atoms with Crippen LogP contribution in [0.25, 0.3) is 27.7 Å². The molecule has 0 bridgehead atoms. The number of benzene rings is 1. The van der Waals surface area contributed by atoms with Crippen LogP contribution in [0.4, 0.5) is 10.2 Å². The van der Waals surface area contributed by atoms with E-state index in [1.54, 1.807) is 12.4 Å². The third kappa shape index (κ3) is 6.54. The van der Waals surface area contributed by atoms with Crippen LogP contribution in [0.1, 0.15) is 54.4 Å². The summed E-state index contributed by atoms with van der Waals surface area (Å²) in [6.07, 6.45) is 12.4. The summed E-state index contributed by atoms with van der Waals surface area (Å²) in [6, 6.07) is 14.2. The summed E-state index contributed by atoms with van der Waals surface area (Å²) in [5, 5.41) is 6.80. The Labute approximate surface area is 257 Å². The molecule has 0 unspecified atom stereocenters. The third-order valence-corrected chi connectivity index (χ3v) is 8.07. The summed E-state index contributed by atoms with van der Waals surface area (Å²) in [4.78, 5) is 24.6. The summed E-state index contributed by atoms with van der Waals surface area (Å²) in [6.45, 7) is 8.53. The number of pyridine rings is 3. The van der Waals surface area contributed by atoms with Gasteiger partial charge in [-0.3, -0.25) is 9.97 Å². The molecule has 226 valence electrons. The maximum absolute atomic E-state index is 16.7. The molecule has 0 saturated carbocycles. The van der Waals surface area contributed by atoms with Crippen LogP contribution >= 0.6 is 0 Å². The van der Waals surface area contributed by atoms with Crippen molar-refractivity contribution in [2.45, 2.75) is 46.2 Å². The molecule has 1 aliphatic heterocycles. The number of likely N-dealkylation sites (N-methyl/N-ethyl adjacent to an activating group) is 1. The molecule has 0 radical (unpaired) electrons. The van der Waals surface area contributed by atoms with Crippen LogP contribution in [0.5, 0.6) is 0 Å². The molecule has 0 aliphatic carbocycles. The first kappa shape index (κ1) is 29.6. The maximum atomic E-state index is 16.7. The van der Waals surface area contributed by atoms with E-state index in [-0.39, 0.29) is 5.82 Å². The molecular weight excluding hydrogens is 551 g/mol. The Morgan fingerprint density at radius 1 is 0.977 bits per heavy atom. The van der Waals surface area contributed by atoms with Gasteiger partial charge in [0.1, 0.15) is 17.2 Å². The fraction of sp³-hybridized carbons (Fsp3) is 0.314. The zero-order chi connectivity index (χ0) is 30.3. The monoisotopic (exact) mass is 590 g/mol. The smallest absolute Gasteiger partial charge is 0.156 e. The number of anilines is 1. The van der Waals surface area contributed by atoms with Crippen molar-refractivity contribution in [1.29, 1.82) is 0 Å². The van der Waals surface area contributed by atoms with Crippen LogP contribution in [0.3, 0.4) is 0 Å². The molecule has 1 aliphatic rings. The third-order valence-electron chi connectivity index (χ3n) is 8.07. The highest BCUT2D eigenvalue weighted by Gasteiger charge is 2.23. The SMILES string of the molecule is CCNC/C=C(/c1nc2c(N3CCCCC3)nccc2[nH]1)c1c(C)ncc(-c2cncc(CNCc3ccccc3)c2)c1F. The van der Waals surface area contributed by atoms with Crippen molar-refractivity contribution >= 4 is 22.4 Å². The number of aryl methyl sites for hydroxylation is 1. The van der Waals surface area contributed by atoms with E-state index in [0.717, 1.165) is 61.4 Å². The van der Waals surface area contributed by atoms with Gasteiger partial charge in [-0.2, -0.15) is 0 Å². The molecule has 1 aromatic carbocycles. The number of fused-ring (bicyclic) bond motifs is 1. The first-order chi connectivity index (χ1) is 21.6. The second kappa shape index (κ2) is 13.9. The highest BCUT2D eigenvalue weighted by atomic mass is 19.1. The zero-order valence-electron chi connectivity index (χ0n) is 25.4. The molecular formula is C35H39FN8. The number of hydrogen-bond acceptors (Lipinski definition) is 7. The van der Waals surface area contributed by atoms with Gasteiger partial charge >= 0.3 is 0 Å². The van der Waals surface area contributed by atoms with Gasteiger partial charge in [0.05, 0.1) is 5.52 Å². The number of aromatic amines is 1.